The van der Waals surface area contributed by atoms with Gasteiger partial charge < -0.3 is 9.73 Å². The van der Waals surface area contributed by atoms with E-state index in [9.17, 15) is 4.79 Å². The van der Waals surface area contributed by atoms with Crippen LogP contribution in [0.1, 0.15) is 40.3 Å². The topological polar surface area (TPSA) is 42.2 Å². The summed E-state index contributed by atoms with van der Waals surface area (Å²) in [7, 11) is 0. The van der Waals surface area contributed by atoms with Crippen LogP contribution in [0.3, 0.4) is 0 Å². The Morgan fingerprint density at radius 3 is 2.70 bits per heavy atom. The van der Waals surface area contributed by atoms with E-state index in [4.69, 9.17) is 16.0 Å². The number of anilines is 1. The zero-order valence-corrected chi connectivity index (χ0v) is 11.9. The number of rotatable bonds is 3. The van der Waals surface area contributed by atoms with Crippen molar-refractivity contribution in [3.8, 4) is 0 Å². The number of hydrogen-bond donors (Lipinski definition) is 1. The van der Waals surface area contributed by atoms with Crippen LogP contribution in [-0.4, -0.2) is 5.91 Å². The van der Waals surface area contributed by atoms with Gasteiger partial charge in [-0.1, -0.05) is 6.07 Å². The number of amides is 1. The molecule has 0 spiro atoms. The summed E-state index contributed by atoms with van der Waals surface area (Å²) < 4.78 is 5.34. The molecule has 104 valence electrons. The highest BCUT2D eigenvalue weighted by Gasteiger charge is 2.13. The van der Waals surface area contributed by atoms with Crippen molar-refractivity contribution in [3.63, 3.8) is 0 Å². The van der Waals surface area contributed by atoms with Crippen molar-refractivity contribution < 1.29 is 9.21 Å². The number of alkyl halides is 1. The Kier molecular flexibility index (Phi) is 3.79. The smallest absolute Gasteiger partial charge is 0.291 e. The number of aryl methyl sites for hydroxylation is 2. The highest BCUT2D eigenvalue weighted by molar-refractivity contribution is 6.16. The van der Waals surface area contributed by atoms with Gasteiger partial charge in [-0.25, -0.2) is 0 Å². The van der Waals surface area contributed by atoms with Crippen molar-refractivity contribution in [1.82, 2.24) is 0 Å². The molecule has 1 heterocycles. The summed E-state index contributed by atoms with van der Waals surface area (Å²) in [6, 6.07) is 9.49. The van der Waals surface area contributed by atoms with E-state index in [1.165, 1.54) is 24.0 Å². The second-order valence-electron chi connectivity index (χ2n) is 5.04. The van der Waals surface area contributed by atoms with Gasteiger partial charge in [0.15, 0.2) is 5.76 Å². The standard InChI is InChI=1S/C16H16ClNO2/c17-10-14-7-8-15(20-14)16(19)18-13-6-5-11-3-1-2-4-12(11)9-13/h5-9H,1-4,10H2,(H,18,19). The highest BCUT2D eigenvalue weighted by Crippen LogP contribution is 2.24. The average molecular weight is 290 g/mol. The normalized spacial score (nSPS) is 13.8. The van der Waals surface area contributed by atoms with Gasteiger partial charge in [0.2, 0.25) is 0 Å². The summed E-state index contributed by atoms with van der Waals surface area (Å²) in [6.07, 6.45) is 4.71. The van der Waals surface area contributed by atoms with E-state index < -0.39 is 0 Å². The zero-order valence-electron chi connectivity index (χ0n) is 11.1. The SMILES string of the molecule is O=C(Nc1ccc2c(c1)CCCC2)c1ccc(CCl)o1. The third-order valence-corrected chi connectivity index (χ3v) is 3.89. The van der Waals surface area contributed by atoms with Crippen molar-refractivity contribution in [2.24, 2.45) is 0 Å². The first-order valence-corrected chi connectivity index (χ1v) is 7.37. The number of benzene rings is 1. The molecule has 2 aromatic rings. The number of hydrogen-bond acceptors (Lipinski definition) is 2. The number of halogens is 1. The predicted molar refractivity (Wildman–Crippen MR) is 79.3 cm³/mol. The molecule has 1 aliphatic carbocycles. The minimum atomic E-state index is -0.239. The van der Waals surface area contributed by atoms with Gasteiger partial charge in [0.05, 0.1) is 5.88 Å². The molecule has 1 aliphatic rings. The molecule has 1 amide bonds. The Morgan fingerprint density at radius 2 is 1.95 bits per heavy atom. The summed E-state index contributed by atoms with van der Waals surface area (Å²) in [5, 5.41) is 2.87. The van der Waals surface area contributed by atoms with Crippen LogP contribution in [0, 0.1) is 0 Å². The van der Waals surface area contributed by atoms with Crippen molar-refractivity contribution in [2.75, 3.05) is 5.32 Å². The highest BCUT2D eigenvalue weighted by atomic mass is 35.5. The van der Waals surface area contributed by atoms with E-state index in [0.717, 1.165) is 18.5 Å². The average Bonchev–Trinajstić information content (AvgIpc) is 2.96. The van der Waals surface area contributed by atoms with Gasteiger partial charge in [-0.05, 0) is 61.1 Å². The maximum absolute atomic E-state index is 12.1. The Bertz CT molecular complexity index is 633. The molecule has 0 radical (unpaired) electrons. The largest absolute Gasteiger partial charge is 0.455 e. The summed E-state index contributed by atoms with van der Waals surface area (Å²) in [5.74, 6) is 0.921. The first-order chi connectivity index (χ1) is 9.76. The van der Waals surface area contributed by atoms with Gasteiger partial charge >= 0.3 is 0 Å². The molecule has 0 unspecified atom stereocenters. The Labute approximate surface area is 122 Å². The number of furan rings is 1. The van der Waals surface area contributed by atoms with Crippen molar-refractivity contribution in [2.45, 2.75) is 31.6 Å². The summed E-state index contributed by atoms with van der Waals surface area (Å²) in [4.78, 5) is 12.1. The molecule has 0 saturated carbocycles. The molecule has 4 heteroatoms. The molecule has 3 nitrogen and oxygen atoms in total. The first kappa shape index (κ1) is 13.3. The molecule has 0 atom stereocenters. The van der Waals surface area contributed by atoms with E-state index in [1.807, 2.05) is 6.07 Å². The Morgan fingerprint density at radius 1 is 1.15 bits per heavy atom. The van der Waals surface area contributed by atoms with Gasteiger partial charge in [-0.2, -0.15) is 0 Å². The lowest BCUT2D eigenvalue weighted by Gasteiger charge is -2.16. The lowest BCUT2D eigenvalue weighted by Crippen LogP contribution is -2.12. The Hall–Kier alpha value is -1.74. The monoisotopic (exact) mass is 289 g/mol. The van der Waals surface area contributed by atoms with Gasteiger partial charge in [-0.3, -0.25) is 4.79 Å². The third-order valence-electron chi connectivity index (χ3n) is 3.62. The van der Waals surface area contributed by atoms with Crippen LogP contribution in [0.15, 0.2) is 34.7 Å². The first-order valence-electron chi connectivity index (χ1n) is 6.84. The fourth-order valence-corrected chi connectivity index (χ4v) is 2.72. The van der Waals surface area contributed by atoms with Crippen molar-refractivity contribution >= 4 is 23.2 Å². The molecule has 0 fully saturated rings. The molecule has 0 saturated heterocycles. The van der Waals surface area contributed by atoms with Gasteiger partial charge in [0.25, 0.3) is 5.91 Å². The van der Waals surface area contributed by atoms with Gasteiger partial charge in [0, 0.05) is 5.69 Å². The molecular formula is C16H16ClNO2. The van der Waals surface area contributed by atoms with Crippen LogP contribution in [0.25, 0.3) is 0 Å². The second-order valence-corrected chi connectivity index (χ2v) is 5.31. The molecular weight excluding hydrogens is 274 g/mol. The van der Waals surface area contributed by atoms with Gasteiger partial charge in [-0.15, -0.1) is 11.6 Å². The maximum atomic E-state index is 12.1. The summed E-state index contributed by atoms with van der Waals surface area (Å²) in [5.41, 5.74) is 3.56. The van der Waals surface area contributed by atoms with Crippen LogP contribution >= 0.6 is 11.6 Å². The number of carbonyl (C=O) groups is 1. The summed E-state index contributed by atoms with van der Waals surface area (Å²) in [6.45, 7) is 0. The molecule has 0 bridgehead atoms. The maximum Gasteiger partial charge on any atom is 0.291 e. The second kappa shape index (κ2) is 5.71. The molecule has 3 rings (SSSR count). The van der Waals surface area contributed by atoms with E-state index in [-0.39, 0.29) is 11.8 Å². The van der Waals surface area contributed by atoms with Crippen LogP contribution in [0.2, 0.25) is 0 Å². The fraction of sp³-hybridized carbons (Fsp3) is 0.312. The minimum absolute atomic E-state index is 0.239. The molecule has 20 heavy (non-hydrogen) atoms. The lowest BCUT2D eigenvalue weighted by atomic mass is 9.91. The number of nitrogens with one attached hydrogen (secondary N) is 1. The lowest BCUT2D eigenvalue weighted by molar-refractivity contribution is 0.0995. The van der Waals surface area contributed by atoms with Crippen LogP contribution in [-0.2, 0) is 18.7 Å². The van der Waals surface area contributed by atoms with Crippen LogP contribution in [0.5, 0.6) is 0 Å². The number of carbonyl (C=O) groups excluding carboxylic acids is 1. The zero-order chi connectivity index (χ0) is 13.9. The molecule has 1 aromatic heterocycles. The van der Waals surface area contributed by atoms with Crippen LogP contribution < -0.4 is 5.32 Å². The third kappa shape index (κ3) is 2.73. The molecule has 1 N–H and O–H groups in total. The fourth-order valence-electron chi connectivity index (χ4n) is 2.58. The molecule has 0 aliphatic heterocycles. The van der Waals surface area contributed by atoms with Crippen molar-refractivity contribution in [3.05, 3.63) is 53.0 Å². The predicted octanol–water partition coefficient (Wildman–Crippen LogP) is 4.15. The number of fused-ring (bicyclic) bond motifs is 1. The van der Waals surface area contributed by atoms with Crippen molar-refractivity contribution in [1.29, 1.82) is 0 Å². The van der Waals surface area contributed by atoms with E-state index >= 15 is 0 Å². The summed E-state index contributed by atoms with van der Waals surface area (Å²) >= 11 is 5.66. The Balaban J connectivity index is 1.75. The van der Waals surface area contributed by atoms with E-state index in [1.54, 1.807) is 12.1 Å². The van der Waals surface area contributed by atoms with E-state index in [0.29, 0.717) is 11.5 Å². The quantitative estimate of drug-likeness (QED) is 0.863. The van der Waals surface area contributed by atoms with Gasteiger partial charge in [0.1, 0.15) is 5.76 Å². The van der Waals surface area contributed by atoms with Crippen LogP contribution in [0.4, 0.5) is 5.69 Å². The minimum Gasteiger partial charge on any atom is -0.455 e. The molecule has 1 aromatic carbocycles. The van der Waals surface area contributed by atoms with E-state index in [2.05, 4.69) is 17.4 Å².